The number of carbonyl (C=O) groups is 2. The summed E-state index contributed by atoms with van der Waals surface area (Å²) in [6.45, 7) is 0.495. The van der Waals surface area contributed by atoms with Crippen molar-refractivity contribution in [3.05, 3.63) is 11.1 Å². The van der Waals surface area contributed by atoms with Gasteiger partial charge in [0, 0.05) is 37.2 Å². The summed E-state index contributed by atoms with van der Waals surface area (Å²) >= 11 is 1.30. The van der Waals surface area contributed by atoms with Gasteiger partial charge in [-0.2, -0.15) is 10.2 Å². The van der Waals surface area contributed by atoms with Gasteiger partial charge in [0.25, 0.3) is 0 Å². The van der Waals surface area contributed by atoms with E-state index < -0.39 is 0 Å². The molecule has 0 saturated heterocycles. The Kier molecular flexibility index (Phi) is 5.28. The van der Waals surface area contributed by atoms with Crippen LogP contribution >= 0.6 is 11.3 Å². The molecule has 25 heavy (non-hydrogen) atoms. The summed E-state index contributed by atoms with van der Waals surface area (Å²) in [6.07, 6.45) is 9.49. The van der Waals surface area contributed by atoms with Crippen molar-refractivity contribution in [2.75, 3.05) is 11.9 Å². The number of hydrogen-bond donors (Lipinski definition) is 3. The molecular weight excluding hydrogens is 340 g/mol. The lowest BCUT2D eigenvalue weighted by Gasteiger charge is -2.09. The highest BCUT2D eigenvalue weighted by Crippen LogP contribution is 2.36. The zero-order chi connectivity index (χ0) is 17.7. The summed E-state index contributed by atoms with van der Waals surface area (Å²) in [7, 11) is 0. The van der Waals surface area contributed by atoms with Crippen LogP contribution in [0.15, 0.2) is 15.6 Å². The number of anilines is 1. The Morgan fingerprint density at radius 3 is 2.84 bits per heavy atom. The van der Waals surface area contributed by atoms with Gasteiger partial charge in [-0.05, 0) is 12.8 Å². The van der Waals surface area contributed by atoms with Gasteiger partial charge in [0.15, 0.2) is 10.8 Å². The van der Waals surface area contributed by atoms with Gasteiger partial charge >= 0.3 is 6.03 Å². The smallest absolute Gasteiger partial charge is 0.321 e. The molecule has 2 aliphatic rings. The van der Waals surface area contributed by atoms with Crippen LogP contribution in [0, 0.1) is 12.3 Å². The third kappa shape index (κ3) is 5.53. The summed E-state index contributed by atoms with van der Waals surface area (Å²) in [4.78, 5) is 27.9. The third-order valence-corrected chi connectivity index (χ3v) is 4.73. The Hall–Kier alpha value is -2.47. The second-order valence-corrected chi connectivity index (χ2v) is 7.04. The number of nitrogens with one attached hydrogen (secondary N) is 3. The number of rotatable bonds is 9. The van der Waals surface area contributed by atoms with E-state index in [1.54, 1.807) is 5.38 Å². The van der Waals surface area contributed by atoms with Crippen molar-refractivity contribution >= 4 is 28.4 Å². The van der Waals surface area contributed by atoms with Gasteiger partial charge in [-0.25, -0.2) is 9.78 Å². The monoisotopic (exact) mass is 360 g/mol. The maximum Gasteiger partial charge on any atom is 0.321 e. The van der Waals surface area contributed by atoms with Crippen LogP contribution in [0.1, 0.15) is 37.8 Å². The molecule has 2 heterocycles. The minimum atomic E-state index is -0.383. The molecule has 1 aromatic rings. The Morgan fingerprint density at radius 1 is 1.36 bits per heavy atom. The van der Waals surface area contributed by atoms with Crippen LogP contribution in [-0.2, 0) is 11.2 Å². The molecule has 3 N–H and O–H groups in total. The second kappa shape index (κ2) is 7.61. The second-order valence-electron chi connectivity index (χ2n) is 6.18. The van der Waals surface area contributed by atoms with Gasteiger partial charge < -0.3 is 10.6 Å². The standard InChI is InChI=1S/C16H20N6O2S/c1-2-3-6-16(21-22-16)7-8-17-13(23)9-12-10-25-15(19-12)20-14(24)18-11-4-5-11/h1,10-11H,3-9H2,(H,17,23)(H2,18,19,20,24). The van der Waals surface area contributed by atoms with Crippen molar-refractivity contribution < 1.29 is 9.59 Å². The molecule has 0 bridgehead atoms. The quantitative estimate of drug-likeness (QED) is 0.587. The first kappa shape index (κ1) is 17.4. The molecule has 0 radical (unpaired) electrons. The van der Waals surface area contributed by atoms with Crippen molar-refractivity contribution in [1.29, 1.82) is 0 Å². The molecule has 0 unspecified atom stereocenters. The molecule has 1 aliphatic heterocycles. The highest BCUT2D eigenvalue weighted by atomic mass is 32.1. The summed E-state index contributed by atoms with van der Waals surface area (Å²) in [5.74, 6) is 2.46. The number of carbonyl (C=O) groups excluding carboxylic acids is 2. The predicted molar refractivity (Wildman–Crippen MR) is 94.3 cm³/mol. The molecule has 3 rings (SSSR count). The lowest BCUT2D eigenvalue weighted by atomic mass is 10.0. The van der Waals surface area contributed by atoms with Gasteiger partial charge in [0.05, 0.1) is 12.1 Å². The number of aromatic nitrogens is 1. The van der Waals surface area contributed by atoms with Gasteiger partial charge in [0.1, 0.15) is 0 Å². The lowest BCUT2D eigenvalue weighted by molar-refractivity contribution is -0.120. The molecule has 1 aliphatic carbocycles. The molecule has 8 nitrogen and oxygen atoms in total. The molecule has 0 aromatic carbocycles. The van der Waals surface area contributed by atoms with Crippen LogP contribution in [0.4, 0.5) is 9.93 Å². The predicted octanol–water partition coefficient (Wildman–Crippen LogP) is 2.05. The Balaban J connectivity index is 1.35. The van der Waals surface area contributed by atoms with Gasteiger partial charge in [-0.15, -0.1) is 23.7 Å². The molecule has 1 fully saturated rings. The van der Waals surface area contributed by atoms with Crippen molar-refractivity contribution in [3.8, 4) is 12.3 Å². The third-order valence-electron chi connectivity index (χ3n) is 3.93. The molecule has 3 amide bonds. The minimum absolute atomic E-state index is 0.118. The van der Waals surface area contributed by atoms with E-state index in [9.17, 15) is 9.59 Å². The normalized spacial score (nSPS) is 16.8. The van der Waals surface area contributed by atoms with Crippen LogP contribution in [0.5, 0.6) is 0 Å². The number of amides is 3. The fourth-order valence-corrected chi connectivity index (χ4v) is 2.99. The fourth-order valence-electron chi connectivity index (χ4n) is 2.29. The Morgan fingerprint density at radius 2 is 2.16 bits per heavy atom. The lowest BCUT2D eigenvalue weighted by Crippen LogP contribution is -2.30. The maximum atomic E-state index is 12.0. The Bertz CT molecular complexity index is 712. The number of nitrogens with zero attached hydrogens (tertiary/aromatic N) is 3. The first-order valence-electron chi connectivity index (χ1n) is 8.25. The number of thiazole rings is 1. The highest BCUT2D eigenvalue weighted by Gasteiger charge is 2.38. The first-order valence-corrected chi connectivity index (χ1v) is 9.13. The van der Waals surface area contributed by atoms with Crippen molar-refractivity contribution in [1.82, 2.24) is 15.6 Å². The van der Waals surface area contributed by atoms with E-state index in [-0.39, 0.29) is 24.0 Å². The van der Waals surface area contributed by atoms with E-state index in [0.29, 0.717) is 36.3 Å². The SMILES string of the molecule is C#CCCC1(CCNC(=O)Cc2csc(NC(=O)NC3CC3)n2)N=N1. The molecular formula is C16H20N6O2S. The summed E-state index contributed by atoms with van der Waals surface area (Å²) in [5.41, 5.74) is 0.249. The van der Waals surface area contributed by atoms with E-state index in [1.807, 2.05) is 0 Å². The first-order chi connectivity index (χ1) is 12.1. The van der Waals surface area contributed by atoms with Crippen LogP contribution in [0.2, 0.25) is 0 Å². The van der Waals surface area contributed by atoms with Crippen molar-refractivity contribution in [2.24, 2.45) is 10.2 Å². The zero-order valence-electron chi connectivity index (χ0n) is 13.7. The summed E-state index contributed by atoms with van der Waals surface area (Å²) < 4.78 is 0. The highest BCUT2D eigenvalue weighted by molar-refractivity contribution is 7.13. The average Bonchev–Trinajstić information content (AvgIpc) is 3.48. The number of urea groups is 1. The number of hydrogen-bond acceptors (Lipinski definition) is 6. The average molecular weight is 360 g/mol. The molecule has 0 spiro atoms. The van der Waals surface area contributed by atoms with Crippen molar-refractivity contribution in [3.63, 3.8) is 0 Å². The van der Waals surface area contributed by atoms with E-state index in [0.717, 1.165) is 19.3 Å². The van der Waals surface area contributed by atoms with E-state index in [2.05, 4.69) is 37.1 Å². The van der Waals surface area contributed by atoms with E-state index in [4.69, 9.17) is 6.42 Å². The molecule has 1 aromatic heterocycles. The molecule has 0 atom stereocenters. The van der Waals surface area contributed by atoms with Crippen LogP contribution < -0.4 is 16.0 Å². The molecule has 1 saturated carbocycles. The van der Waals surface area contributed by atoms with Gasteiger partial charge in [0.2, 0.25) is 5.91 Å². The molecule has 132 valence electrons. The largest absolute Gasteiger partial charge is 0.356 e. The van der Waals surface area contributed by atoms with E-state index >= 15 is 0 Å². The topological polar surface area (TPSA) is 108 Å². The van der Waals surface area contributed by atoms with Crippen molar-refractivity contribution in [2.45, 2.75) is 50.2 Å². The minimum Gasteiger partial charge on any atom is -0.356 e. The van der Waals surface area contributed by atoms with Crippen LogP contribution in [0.3, 0.4) is 0 Å². The van der Waals surface area contributed by atoms with Crippen LogP contribution in [0.25, 0.3) is 0 Å². The Labute approximate surface area is 149 Å². The summed E-state index contributed by atoms with van der Waals surface area (Å²) in [6, 6.07) is 0.0427. The fraction of sp³-hybridized carbons (Fsp3) is 0.562. The van der Waals surface area contributed by atoms with Gasteiger partial charge in [-0.1, -0.05) is 0 Å². The van der Waals surface area contributed by atoms with Crippen LogP contribution in [-0.4, -0.2) is 35.2 Å². The maximum absolute atomic E-state index is 12.0. The number of terminal acetylenes is 1. The van der Waals surface area contributed by atoms with E-state index in [1.165, 1.54) is 11.3 Å². The zero-order valence-corrected chi connectivity index (χ0v) is 14.6. The van der Waals surface area contributed by atoms with Gasteiger partial charge in [-0.3, -0.25) is 10.1 Å². The summed E-state index contributed by atoms with van der Waals surface area (Å²) in [5, 5.41) is 18.7. The molecule has 9 heteroatoms.